The molecule has 2 aromatic carbocycles. The zero-order valence-electron chi connectivity index (χ0n) is 16.2. The van der Waals surface area contributed by atoms with Crippen LogP contribution in [-0.4, -0.2) is 18.4 Å². The third kappa shape index (κ3) is 4.32. The summed E-state index contributed by atoms with van der Waals surface area (Å²) in [6.45, 7) is 3.63. The van der Waals surface area contributed by atoms with Crippen LogP contribution < -0.4 is 15.6 Å². The van der Waals surface area contributed by atoms with E-state index in [2.05, 4.69) is 10.9 Å². The molecule has 2 amide bonds. The molecule has 0 heterocycles. The van der Waals surface area contributed by atoms with Crippen molar-refractivity contribution in [3.8, 4) is 5.75 Å². The molecule has 6 heteroatoms. The number of halogens is 1. The molecule has 0 aromatic heterocycles. The molecule has 0 unspecified atom stereocenters. The summed E-state index contributed by atoms with van der Waals surface area (Å²) in [4.78, 5) is 25.0. The maximum atomic E-state index is 13.7. The molecule has 0 spiro atoms. The minimum absolute atomic E-state index is 0.211. The van der Waals surface area contributed by atoms with E-state index >= 15 is 0 Å². The average molecular weight is 384 g/mol. The molecule has 0 aliphatic heterocycles. The highest BCUT2D eigenvalue weighted by atomic mass is 19.1. The average Bonchev–Trinajstić information content (AvgIpc) is 3.18. The van der Waals surface area contributed by atoms with Gasteiger partial charge >= 0.3 is 0 Å². The van der Waals surface area contributed by atoms with Gasteiger partial charge in [-0.3, -0.25) is 20.4 Å². The first-order valence-electron chi connectivity index (χ1n) is 9.46. The van der Waals surface area contributed by atoms with Crippen LogP contribution in [0.25, 0.3) is 0 Å². The lowest BCUT2D eigenvalue weighted by atomic mass is 9.78. The van der Waals surface area contributed by atoms with E-state index in [1.54, 1.807) is 12.1 Å². The molecule has 0 atom stereocenters. The minimum atomic E-state index is -0.816. The highest BCUT2D eigenvalue weighted by Crippen LogP contribution is 2.41. The number of ether oxygens (including phenoxy) is 1. The van der Waals surface area contributed by atoms with E-state index in [-0.39, 0.29) is 18.3 Å². The van der Waals surface area contributed by atoms with Gasteiger partial charge in [0, 0.05) is 0 Å². The molecule has 2 N–H and O–H groups in total. The van der Waals surface area contributed by atoms with Crippen LogP contribution in [0.1, 0.15) is 42.4 Å². The van der Waals surface area contributed by atoms with E-state index in [0.717, 1.165) is 24.0 Å². The Hall–Kier alpha value is -2.89. The summed E-state index contributed by atoms with van der Waals surface area (Å²) in [5, 5.41) is 0. The molecule has 0 radical (unpaired) electrons. The Morgan fingerprint density at radius 2 is 1.82 bits per heavy atom. The summed E-state index contributed by atoms with van der Waals surface area (Å²) in [7, 11) is 0. The molecule has 1 aliphatic carbocycles. The Balaban J connectivity index is 1.60. The van der Waals surface area contributed by atoms with Gasteiger partial charge in [0.05, 0.1) is 5.41 Å². The second kappa shape index (κ2) is 8.42. The Labute approximate surface area is 164 Å². The van der Waals surface area contributed by atoms with Gasteiger partial charge in [0.1, 0.15) is 11.6 Å². The molecule has 5 nitrogen and oxygen atoms in total. The number of hydrazine groups is 1. The minimum Gasteiger partial charge on any atom is -0.483 e. The molecular formula is C22H25FN2O3. The standard InChI is InChI=1S/C22H25FN2O3/c1-15-8-9-16(2)19(12-15)28-14-20(26)24-25-21(27)22(10-3-4-11-22)17-6-5-7-18(23)13-17/h5-9,12-13H,3-4,10-11,14H2,1-2H3,(H,24,26)(H,25,27). The summed E-state index contributed by atoms with van der Waals surface area (Å²) >= 11 is 0. The lowest BCUT2D eigenvalue weighted by Crippen LogP contribution is -2.51. The second-order valence-corrected chi connectivity index (χ2v) is 7.36. The van der Waals surface area contributed by atoms with Crippen molar-refractivity contribution in [2.75, 3.05) is 6.61 Å². The van der Waals surface area contributed by atoms with Crippen LogP contribution in [0.3, 0.4) is 0 Å². The molecule has 0 saturated heterocycles. The van der Waals surface area contributed by atoms with Crippen molar-refractivity contribution >= 4 is 11.8 Å². The van der Waals surface area contributed by atoms with E-state index in [1.165, 1.54) is 12.1 Å². The quantitative estimate of drug-likeness (QED) is 0.776. The number of hydrogen-bond donors (Lipinski definition) is 2. The van der Waals surface area contributed by atoms with E-state index < -0.39 is 11.3 Å². The number of aryl methyl sites for hydroxylation is 2. The number of nitrogens with one attached hydrogen (secondary N) is 2. The van der Waals surface area contributed by atoms with Crippen LogP contribution in [0.2, 0.25) is 0 Å². The molecule has 148 valence electrons. The molecule has 3 rings (SSSR count). The van der Waals surface area contributed by atoms with E-state index in [1.807, 2.05) is 32.0 Å². The van der Waals surface area contributed by atoms with Crippen LogP contribution >= 0.6 is 0 Å². The number of benzene rings is 2. The van der Waals surface area contributed by atoms with Gasteiger partial charge in [0.2, 0.25) is 5.91 Å². The zero-order valence-corrected chi connectivity index (χ0v) is 16.2. The molecule has 28 heavy (non-hydrogen) atoms. The maximum absolute atomic E-state index is 13.7. The van der Waals surface area contributed by atoms with Crippen LogP contribution in [0, 0.1) is 19.7 Å². The molecule has 1 aliphatic rings. The highest BCUT2D eigenvalue weighted by Gasteiger charge is 2.43. The van der Waals surface area contributed by atoms with Gasteiger partial charge in [-0.1, -0.05) is 37.1 Å². The number of carbonyl (C=O) groups is 2. The van der Waals surface area contributed by atoms with Gasteiger partial charge < -0.3 is 4.74 Å². The van der Waals surface area contributed by atoms with E-state index in [9.17, 15) is 14.0 Å². The Morgan fingerprint density at radius 1 is 1.07 bits per heavy atom. The summed E-state index contributed by atoms with van der Waals surface area (Å²) in [6, 6.07) is 11.9. The van der Waals surface area contributed by atoms with Crippen molar-refractivity contribution in [3.63, 3.8) is 0 Å². The van der Waals surface area contributed by atoms with Gasteiger partial charge in [-0.2, -0.15) is 0 Å². The summed E-state index contributed by atoms with van der Waals surface area (Å²) in [5.74, 6) is -0.520. The van der Waals surface area contributed by atoms with Crippen LogP contribution in [-0.2, 0) is 15.0 Å². The smallest absolute Gasteiger partial charge is 0.276 e. The lowest BCUT2D eigenvalue weighted by Gasteiger charge is -2.28. The number of hydrogen-bond acceptors (Lipinski definition) is 3. The number of amides is 2. The summed E-state index contributed by atoms with van der Waals surface area (Å²) in [5.41, 5.74) is 6.71. The molecule has 0 bridgehead atoms. The highest BCUT2D eigenvalue weighted by molar-refractivity contribution is 5.90. The fourth-order valence-corrected chi connectivity index (χ4v) is 3.70. The normalized spacial score (nSPS) is 15.1. The van der Waals surface area contributed by atoms with Crippen molar-refractivity contribution < 1.29 is 18.7 Å². The van der Waals surface area contributed by atoms with Gasteiger partial charge in [-0.15, -0.1) is 0 Å². The van der Waals surface area contributed by atoms with Crippen molar-refractivity contribution in [2.45, 2.75) is 44.9 Å². The number of rotatable bonds is 5. The van der Waals surface area contributed by atoms with Gasteiger partial charge in [-0.05, 0) is 61.6 Å². The van der Waals surface area contributed by atoms with Crippen molar-refractivity contribution in [1.29, 1.82) is 0 Å². The Kier molecular flexibility index (Phi) is 5.97. The first-order valence-corrected chi connectivity index (χ1v) is 9.46. The first-order chi connectivity index (χ1) is 13.4. The van der Waals surface area contributed by atoms with Gasteiger partial charge in [0.25, 0.3) is 5.91 Å². The SMILES string of the molecule is Cc1ccc(C)c(OCC(=O)NNC(=O)C2(c3cccc(F)c3)CCCC2)c1. The fraction of sp³-hybridized carbons (Fsp3) is 0.364. The summed E-state index contributed by atoms with van der Waals surface area (Å²) < 4.78 is 19.2. The lowest BCUT2D eigenvalue weighted by molar-refractivity contribution is -0.133. The third-order valence-electron chi connectivity index (χ3n) is 5.29. The van der Waals surface area contributed by atoms with Crippen LogP contribution in [0.4, 0.5) is 4.39 Å². The predicted octanol–water partition coefficient (Wildman–Crippen LogP) is 3.48. The second-order valence-electron chi connectivity index (χ2n) is 7.36. The Bertz CT molecular complexity index is 876. The van der Waals surface area contributed by atoms with Gasteiger partial charge in [-0.25, -0.2) is 4.39 Å². The monoisotopic (exact) mass is 384 g/mol. The first kappa shape index (κ1) is 19.9. The fourth-order valence-electron chi connectivity index (χ4n) is 3.70. The van der Waals surface area contributed by atoms with Gasteiger partial charge in [0.15, 0.2) is 6.61 Å². The van der Waals surface area contributed by atoms with E-state index in [0.29, 0.717) is 24.2 Å². The van der Waals surface area contributed by atoms with Crippen molar-refractivity contribution in [3.05, 3.63) is 65.0 Å². The van der Waals surface area contributed by atoms with Crippen molar-refractivity contribution in [2.24, 2.45) is 0 Å². The topological polar surface area (TPSA) is 67.4 Å². The zero-order chi connectivity index (χ0) is 20.1. The molecular weight excluding hydrogens is 359 g/mol. The third-order valence-corrected chi connectivity index (χ3v) is 5.29. The largest absolute Gasteiger partial charge is 0.483 e. The summed E-state index contributed by atoms with van der Waals surface area (Å²) in [6.07, 6.45) is 3.01. The Morgan fingerprint density at radius 3 is 2.54 bits per heavy atom. The molecule has 2 aromatic rings. The van der Waals surface area contributed by atoms with Crippen LogP contribution in [0.5, 0.6) is 5.75 Å². The van der Waals surface area contributed by atoms with Crippen LogP contribution in [0.15, 0.2) is 42.5 Å². The molecule has 1 saturated carbocycles. The van der Waals surface area contributed by atoms with Crippen molar-refractivity contribution in [1.82, 2.24) is 10.9 Å². The number of carbonyl (C=O) groups excluding carboxylic acids is 2. The predicted molar refractivity (Wildman–Crippen MR) is 104 cm³/mol. The maximum Gasteiger partial charge on any atom is 0.276 e. The molecule has 1 fully saturated rings. The van der Waals surface area contributed by atoms with E-state index in [4.69, 9.17) is 4.74 Å².